The van der Waals surface area contributed by atoms with Gasteiger partial charge in [-0.2, -0.15) is 10.4 Å². The van der Waals surface area contributed by atoms with E-state index in [1.54, 1.807) is 11.3 Å². The highest BCUT2D eigenvalue weighted by atomic mass is 35.5. The molecule has 0 aliphatic rings. The smallest absolute Gasteiger partial charge is 0.130 e. The second-order valence-corrected chi connectivity index (χ2v) is 10.2. The van der Waals surface area contributed by atoms with Crippen LogP contribution in [0.5, 0.6) is 0 Å². The molecule has 4 heterocycles. The minimum absolute atomic E-state index is 0.498. The predicted octanol–water partition coefficient (Wildman–Crippen LogP) is 7.51. The summed E-state index contributed by atoms with van der Waals surface area (Å²) in [5.41, 5.74) is 5.17. The highest BCUT2D eigenvalue weighted by Crippen LogP contribution is 2.38. The molecular formula is C27H18ClN5S. The van der Waals surface area contributed by atoms with Gasteiger partial charge in [0.2, 0.25) is 0 Å². The summed E-state index contributed by atoms with van der Waals surface area (Å²) in [7, 11) is 0. The van der Waals surface area contributed by atoms with Gasteiger partial charge >= 0.3 is 0 Å². The molecule has 0 atom stereocenters. The zero-order valence-electron chi connectivity index (χ0n) is 18.4. The largest absolute Gasteiger partial charge is 0.276 e. The van der Waals surface area contributed by atoms with Gasteiger partial charge in [0, 0.05) is 26.6 Å². The highest BCUT2D eigenvalue weighted by Gasteiger charge is 2.20. The van der Waals surface area contributed by atoms with Crippen molar-refractivity contribution in [1.82, 2.24) is 20.2 Å². The normalized spacial score (nSPS) is 11.9. The first-order valence-electron chi connectivity index (χ1n) is 10.8. The van der Waals surface area contributed by atoms with Crippen molar-refractivity contribution in [2.75, 3.05) is 0 Å². The molecule has 0 aliphatic heterocycles. The minimum Gasteiger partial charge on any atom is -0.276 e. The van der Waals surface area contributed by atoms with Gasteiger partial charge in [-0.05, 0) is 55.3 Å². The van der Waals surface area contributed by atoms with Gasteiger partial charge in [-0.3, -0.25) is 10.1 Å². The Morgan fingerprint density at radius 2 is 1.79 bits per heavy atom. The first-order chi connectivity index (χ1) is 16.4. The van der Waals surface area contributed by atoms with Gasteiger partial charge in [0.05, 0.1) is 28.7 Å². The van der Waals surface area contributed by atoms with Crippen LogP contribution in [0.2, 0.25) is 5.15 Å². The second kappa shape index (κ2) is 7.63. The number of nitriles is 1. The maximum absolute atomic E-state index is 9.46. The third-order valence-electron chi connectivity index (χ3n) is 6.19. The maximum Gasteiger partial charge on any atom is 0.130 e. The SMILES string of the molecule is CC(C)(C#N)c1ccc(-c2n[nH]c3cnc4ccc(-c5cc6ccc(Cl)nc6s5)cc4c23)cc1. The van der Waals surface area contributed by atoms with Crippen molar-refractivity contribution in [2.24, 2.45) is 0 Å². The number of benzene rings is 2. The average Bonchev–Trinajstić information content (AvgIpc) is 3.48. The molecule has 0 aliphatic carbocycles. The Balaban J connectivity index is 1.52. The minimum atomic E-state index is -0.541. The zero-order chi connectivity index (χ0) is 23.4. The van der Waals surface area contributed by atoms with Gasteiger partial charge in [-0.25, -0.2) is 4.98 Å². The summed E-state index contributed by atoms with van der Waals surface area (Å²) in [6, 6.07) is 22.7. The van der Waals surface area contributed by atoms with Crippen LogP contribution in [0.4, 0.5) is 0 Å². The van der Waals surface area contributed by atoms with Gasteiger partial charge in [0.25, 0.3) is 0 Å². The number of aromatic nitrogens is 4. The van der Waals surface area contributed by atoms with E-state index in [0.29, 0.717) is 5.15 Å². The van der Waals surface area contributed by atoms with Crippen LogP contribution in [0.3, 0.4) is 0 Å². The van der Waals surface area contributed by atoms with E-state index in [2.05, 4.69) is 44.4 Å². The molecule has 1 N–H and O–H groups in total. The molecule has 0 spiro atoms. The molecule has 7 heteroatoms. The van der Waals surface area contributed by atoms with E-state index in [1.807, 2.05) is 62.5 Å². The van der Waals surface area contributed by atoms with Crippen molar-refractivity contribution >= 4 is 55.0 Å². The van der Waals surface area contributed by atoms with Crippen molar-refractivity contribution in [3.05, 3.63) is 77.6 Å². The summed E-state index contributed by atoms with van der Waals surface area (Å²) in [6.07, 6.45) is 1.83. The molecule has 0 saturated heterocycles. The van der Waals surface area contributed by atoms with Gasteiger partial charge < -0.3 is 0 Å². The quantitative estimate of drug-likeness (QED) is 0.266. The van der Waals surface area contributed by atoms with E-state index in [0.717, 1.165) is 59.3 Å². The standard InChI is InChI=1S/C27H18ClN5S/c1-27(2,14-29)18-7-3-15(4-8-18)25-24-19-11-16(5-9-20(19)30-13-21(24)32-33-25)22-12-17-6-10-23(28)31-26(17)34-22/h3-13H,1-2H3,(H,32,33). The lowest BCUT2D eigenvalue weighted by atomic mass is 9.86. The molecule has 0 radical (unpaired) electrons. The molecule has 0 saturated carbocycles. The fraction of sp³-hybridized carbons (Fsp3) is 0.111. The number of nitrogens with zero attached hydrogens (tertiary/aromatic N) is 4. The zero-order valence-corrected chi connectivity index (χ0v) is 20.0. The Hall–Kier alpha value is -3.79. The number of thiophene rings is 1. The van der Waals surface area contributed by atoms with Crippen LogP contribution in [-0.2, 0) is 5.41 Å². The molecule has 34 heavy (non-hydrogen) atoms. The van der Waals surface area contributed by atoms with Crippen molar-refractivity contribution in [2.45, 2.75) is 19.3 Å². The van der Waals surface area contributed by atoms with Crippen LogP contribution < -0.4 is 0 Å². The summed E-state index contributed by atoms with van der Waals surface area (Å²) >= 11 is 7.71. The van der Waals surface area contributed by atoms with Crippen LogP contribution in [-0.4, -0.2) is 20.2 Å². The molecular weight excluding hydrogens is 462 g/mol. The van der Waals surface area contributed by atoms with Gasteiger partial charge in [0.15, 0.2) is 0 Å². The number of halogens is 1. The van der Waals surface area contributed by atoms with Crippen LogP contribution in [0.25, 0.3) is 53.7 Å². The third kappa shape index (κ3) is 3.33. The van der Waals surface area contributed by atoms with Crippen molar-refractivity contribution < 1.29 is 0 Å². The first kappa shape index (κ1) is 20.8. The molecule has 164 valence electrons. The fourth-order valence-electron chi connectivity index (χ4n) is 4.21. The molecule has 6 aromatic rings. The van der Waals surface area contributed by atoms with Crippen molar-refractivity contribution in [1.29, 1.82) is 5.26 Å². The molecule has 5 nitrogen and oxygen atoms in total. The summed E-state index contributed by atoms with van der Waals surface area (Å²) < 4.78 is 0. The average molecular weight is 480 g/mol. The number of fused-ring (bicyclic) bond motifs is 4. The van der Waals surface area contributed by atoms with Gasteiger partial charge in [0.1, 0.15) is 15.7 Å². The van der Waals surface area contributed by atoms with Crippen LogP contribution in [0.15, 0.2) is 66.9 Å². The fourth-order valence-corrected chi connectivity index (χ4v) is 5.44. The van der Waals surface area contributed by atoms with Crippen LogP contribution >= 0.6 is 22.9 Å². The lowest BCUT2D eigenvalue weighted by Crippen LogP contribution is -2.13. The lowest BCUT2D eigenvalue weighted by Gasteiger charge is -2.15. The Morgan fingerprint density at radius 3 is 2.59 bits per heavy atom. The summed E-state index contributed by atoms with van der Waals surface area (Å²) in [5, 5.41) is 20.8. The number of rotatable bonds is 3. The molecule has 6 rings (SSSR count). The highest BCUT2D eigenvalue weighted by molar-refractivity contribution is 7.21. The van der Waals surface area contributed by atoms with E-state index in [4.69, 9.17) is 11.6 Å². The van der Waals surface area contributed by atoms with E-state index < -0.39 is 5.41 Å². The number of nitrogens with one attached hydrogen (secondary N) is 1. The predicted molar refractivity (Wildman–Crippen MR) is 139 cm³/mol. The molecule has 4 aromatic heterocycles. The summed E-state index contributed by atoms with van der Waals surface area (Å²) in [6.45, 7) is 3.84. The molecule has 0 amide bonds. The third-order valence-corrected chi connectivity index (χ3v) is 7.49. The van der Waals surface area contributed by atoms with E-state index >= 15 is 0 Å². The number of hydrogen-bond acceptors (Lipinski definition) is 5. The summed E-state index contributed by atoms with van der Waals surface area (Å²) in [5.74, 6) is 0. The number of hydrogen-bond donors (Lipinski definition) is 1. The van der Waals surface area contributed by atoms with Gasteiger partial charge in [-0.1, -0.05) is 41.9 Å². The van der Waals surface area contributed by atoms with Crippen molar-refractivity contribution in [3.8, 4) is 27.8 Å². The van der Waals surface area contributed by atoms with Crippen molar-refractivity contribution in [3.63, 3.8) is 0 Å². The number of H-pyrrole nitrogens is 1. The summed E-state index contributed by atoms with van der Waals surface area (Å²) in [4.78, 5) is 11.1. The Labute approximate surface area is 204 Å². The maximum atomic E-state index is 9.46. The lowest BCUT2D eigenvalue weighted by molar-refractivity contribution is 0.687. The topological polar surface area (TPSA) is 78.2 Å². The Morgan fingerprint density at radius 1 is 1.00 bits per heavy atom. The van der Waals surface area contributed by atoms with Crippen LogP contribution in [0.1, 0.15) is 19.4 Å². The van der Waals surface area contributed by atoms with E-state index in [-0.39, 0.29) is 0 Å². The van der Waals surface area contributed by atoms with Crippen LogP contribution in [0, 0.1) is 11.3 Å². The molecule has 0 fully saturated rings. The molecule has 2 aromatic carbocycles. The van der Waals surface area contributed by atoms with E-state index in [9.17, 15) is 5.26 Å². The van der Waals surface area contributed by atoms with Gasteiger partial charge in [-0.15, -0.1) is 11.3 Å². The first-order valence-corrected chi connectivity index (χ1v) is 12.0. The number of aromatic amines is 1. The molecule has 0 bridgehead atoms. The Kier molecular flexibility index (Phi) is 4.66. The van der Waals surface area contributed by atoms with E-state index in [1.165, 1.54) is 0 Å². The second-order valence-electron chi connectivity index (χ2n) is 8.80. The molecule has 0 unspecified atom stereocenters. The number of pyridine rings is 2. The monoisotopic (exact) mass is 479 g/mol. The Bertz CT molecular complexity index is 1760.